The van der Waals surface area contributed by atoms with E-state index in [0.29, 0.717) is 18.5 Å². The standard InChI is InChI=1S/C13H17F4NOS/c1-9(20(2)19)5-6-18-8-10-3-4-12(14)11(7-10)13(15,16)17/h3-4,7,9,18H,5-6,8H2,1-2H3. The lowest BCUT2D eigenvalue weighted by Gasteiger charge is -2.12. The van der Waals surface area contributed by atoms with Gasteiger partial charge in [0.2, 0.25) is 0 Å². The van der Waals surface area contributed by atoms with Crippen LogP contribution in [0.25, 0.3) is 0 Å². The third kappa shape index (κ3) is 5.20. The summed E-state index contributed by atoms with van der Waals surface area (Å²) < 4.78 is 61.7. The highest BCUT2D eigenvalue weighted by Gasteiger charge is 2.34. The van der Waals surface area contributed by atoms with Gasteiger partial charge in [0, 0.05) is 28.9 Å². The lowest BCUT2D eigenvalue weighted by molar-refractivity contribution is -0.140. The third-order valence-corrected chi connectivity index (χ3v) is 4.33. The summed E-state index contributed by atoms with van der Waals surface area (Å²) in [7, 11) is -0.915. The average Bonchev–Trinajstić information content (AvgIpc) is 2.34. The molecule has 20 heavy (non-hydrogen) atoms. The summed E-state index contributed by atoms with van der Waals surface area (Å²) in [4.78, 5) is 0. The van der Waals surface area contributed by atoms with Crippen molar-refractivity contribution in [2.24, 2.45) is 0 Å². The fourth-order valence-corrected chi connectivity index (χ4v) is 2.05. The van der Waals surface area contributed by atoms with Gasteiger partial charge in [-0.05, 0) is 30.7 Å². The van der Waals surface area contributed by atoms with Crippen molar-refractivity contribution in [2.45, 2.75) is 31.3 Å². The average molecular weight is 311 g/mol. The second-order valence-corrected chi connectivity index (χ2v) is 6.39. The van der Waals surface area contributed by atoms with Crippen LogP contribution in [0.15, 0.2) is 18.2 Å². The van der Waals surface area contributed by atoms with Crippen molar-refractivity contribution >= 4 is 10.8 Å². The topological polar surface area (TPSA) is 29.1 Å². The first-order chi connectivity index (χ1) is 9.21. The summed E-state index contributed by atoms with van der Waals surface area (Å²) in [6.07, 6.45) is -2.41. The van der Waals surface area contributed by atoms with Crippen LogP contribution >= 0.6 is 0 Å². The molecule has 0 spiro atoms. The van der Waals surface area contributed by atoms with E-state index in [2.05, 4.69) is 5.32 Å². The summed E-state index contributed by atoms with van der Waals surface area (Å²) in [5.41, 5.74) is -0.885. The first kappa shape index (κ1) is 17.1. The molecule has 0 saturated heterocycles. The first-order valence-electron chi connectivity index (χ1n) is 6.10. The van der Waals surface area contributed by atoms with Crippen LogP contribution in [0.3, 0.4) is 0 Å². The molecule has 0 bridgehead atoms. The Morgan fingerprint density at radius 1 is 1.35 bits per heavy atom. The minimum atomic E-state index is -4.69. The van der Waals surface area contributed by atoms with Crippen molar-refractivity contribution in [3.8, 4) is 0 Å². The summed E-state index contributed by atoms with van der Waals surface area (Å²) in [5, 5.41) is 2.99. The highest BCUT2D eigenvalue weighted by atomic mass is 32.2. The monoisotopic (exact) mass is 311 g/mol. The Balaban J connectivity index is 2.55. The Kier molecular flexibility index (Phi) is 6.13. The molecule has 0 aromatic heterocycles. The molecular formula is C13H17F4NOS. The number of rotatable bonds is 6. The van der Waals surface area contributed by atoms with E-state index >= 15 is 0 Å². The zero-order chi connectivity index (χ0) is 15.3. The molecule has 0 radical (unpaired) electrons. The van der Waals surface area contributed by atoms with Crippen molar-refractivity contribution in [3.05, 3.63) is 35.1 Å². The van der Waals surface area contributed by atoms with E-state index < -0.39 is 28.4 Å². The van der Waals surface area contributed by atoms with Gasteiger partial charge in [-0.2, -0.15) is 13.2 Å². The molecule has 1 aromatic rings. The molecule has 0 aliphatic carbocycles. The van der Waals surface area contributed by atoms with Crippen LogP contribution < -0.4 is 5.32 Å². The summed E-state index contributed by atoms with van der Waals surface area (Å²) >= 11 is 0. The van der Waals surface area contributed by atoms with Crippen LogP contribution in [0.4, 0.5) is 17.6 Å². The van der Waals surface area contributed by atoms with E-state index in [9.17, 15) is 21.8 Å². The number of nitrogens with one attached hydrogen (secondary N) is 1. The van der Waals surface area contributed by atoms with Crippen LogP contribution in [0.5, 0.6) is 0 Å². The Bertz CT molecular complexity index is 476. The molecule has 114 valence electrons. The van der Waals surface area contributed by atoms with Crippen LogP contribution in [0, 0.1) is 5.82 Å². The maximum Gasteiger partial charge on any atom is 0.419 e. The highest BCUT2D eigenvalue weighted by molar-refractivity contribution is 7.84. The molecule has 7 heteroatoms. The van der Waals surface area contributed by atoms with Gasteiger partial charge in [0.15, 0.2) is 0 Å². The van der Waals surface area contributed by atoms with Gasteiger partial charge in [0.25, 0.3) is 0 Å². The van der Waals surface area contributed by atoms with E-state index in [1.165, 1.54) is 6.07 Å². The van der Waals surface area contributed by atoms with Crippen molar-refractivity contribution in [2.75, 3.05) is 12.8 Å². The van der Waals surface area contributed by atoms with Crippen molar-refractivity contribution in [3.63, 3.8) is 0 Å². The zero-order valence-corrected chi connectivity index (χ0v) is 12.1. The summed E-state index contributed by atoms with van der Waals surface area (Å²) in [6.45, 7) is 2.60. The quantitative estimate of drug-likeness (QED) is 0.646. The molecule has 2 atom stereocenters. The van der Waals surface area contributed by atoms with Crippen molar-refractivity contribution < 1.29 is 21.8 Å². The molecule has 0 aliphatic heterocycles. The maximum atomic E-state index is 13.1. The Morgan fingerprint density at radius 2 is 2.00 bits per heavy atom. The normalized spacial score (nSPS) is 15.1. The maximum absolute atomic E-state index is 13.1. The van der Waals surface area contributed by atoms with Gasteiger partial charge in [-0.15, -0.1) is 0 Å². The van der Waals surface area contributed by atoms with Gasteiger partial charge in [-0.1, -0.05) is 13.0 Å². The van der Waals surface area contributed by atoms with Crippen LogP contribution in [-0.2, 0) is 23.5 Å². The fraction of sp³-hybridized carbons (Fsp3) is 0.538. The lowest BCUT2D eigenvalue weighted by atomic mass is 10.1. The molecule has 2 nitrogen and oxygen atoms in total. The zero-order valence-electron chi connectivity index (χ0n) is 11.3. The third-order valence-electron chi connectivity index (χ3n) is 2.96. The van der Waals surface area contributed by atoms with E-state index in [1.54, 1.807) is 6.26 Å². The van der Waals surface area contributed by atoms with Gasteiger partial charge in [0.1, 0.15) is 5.82 Å². The van der Waals surface area contributed by atoms with Crippen LogP contribution in [0.1, 0.15) is 24.5 Å². The summed E-state index contributed by atoms with van der Waals surface area (Å²) in [6, 6.07) is 2.95. The molecular weight excluding hydrogens is 294 g/mol. The van der Waals surface area contributed by atoms with E-state index in [-0.39, 0.29) is 11.8 Å². The number of benzene rings is 1. The van der Waals surface area contributed by atoms with E-state index in [4.69, 9.17) is 0 Å². The fourth-order valence-electron chi connectivity index (χ4n) is 1.60. The second-order valence-electron chi connectivity index (χ2n) is 4.59. The van der Waals surface area contributed by atoms with Crippen molar-refractivity contribution in [1.29, 1.82) is 0 Å². The van der Waals surface area contributed by atoms with Gasteiger partial charge in [-0.3, -0.25) is 4.21 Å². The van der Waals surface area contributed by atoms with E-state index in [0.717, 1.165) is 12.1 Å². The lowest BCUT2D eigenvalue weighted by Crippen LogP contribution is -2.21. The molecule has 0 aliphatic rings. The summed E-state index contributed by atoms with van der Waals surface area (Å²) in [5.74, 6) is -1.27. The van der Waals surface area contributed by atoms with Gasteiger partial charge in [-0.25, -0.2) is 4.39 Å². The number of hydrogen-bond donors (Lipinski definition) is 1. The predicted molar refractivity (Wildman–Crippen MR) is 71.3 cm³/mol. The van der Waals surface area contributed by atoms with Crippen LogP contribution in [0.2, 0.25) is 0 Å². The molecule has 0 fully saturated rings. The predicted octanol–water partition coefficient (Wildman–Crippen LogP) is 3.09. The molecule has 0 saturated carbocycles. The molecule has 0 heterocycles. The molecule has 2 unspecified atom stereocenters. The molecule has 1 N–H and O–H groups in total. The molecule has 1 rings (SSSR count). The smallest absolute Gasteiger partial charge is 0.313 e. The van der Waals surface area contributed by atoms with Crippen molar-refractivity contribution in [1.82, 2.24) is 5.32 Å². The Labute approximate surface area is 118 Å². The van der Waals surface area contributed by atoms with Gasteiger partial charge >= 0.3 is 6.18 Å². The number of halogens is 4. The second kappa shape index (κ2) is 7.17. The van der Waals surface area contributed by atoms with Crippen LogP contribution in [-0.4, -0.2) is 22.3 Å². The number of alkyl halides is 3. The Morgan fingerprint density at radius 3 is 2.55 bits per heavy atom. The Hall–Kier alpha value is -0.950. The first-order valence-corrected chi connectivity index (χ1v) is 7.72. The SMILES string of the molecule is CC(CCNCc1ccc(F)c(C(F)(F)F)c1)S(C)=O. The van der Waals surface area contributed by atoms with Gasteiger partial charge in [0.05, 0.1) is 5.56 Å². The minimum absolute atomic E-state index is 0.0291. The largest absolute Gasteiger partial charge is 0.419 e. The number of hydrogen-bond acceptors (Lipinski definition) is 2. The molecule has 1 aromatic carbocycles. The minimum Gasteiger partial charge on any atom is -0.313 e. The van der Waals surface area contributed by atoms with Gasteiger partial charge < -0.3 is 5.32 Å². The highest BCUT2D eigenvalue weighted by Crippen LogP contribution is 2.31. The van der Waals surface area contributed by atoms with E-state index in [1.807, 2.05) is 6.92 Å². The molecule has 0 amide bonds.